The molecule has 0 radical (unpaired) electrons. The first kappa shape index (κ1) is 24.8. The molecule has 0 unspecified atom stereocenters. The van der Waals surface area contributed by atoms with E-state index in [0.717, 1.165) is 39.8 Å². The quantitative estimate of drug-likeness (QED) is 0.197. The highest BCUT2D eigenvalue weighted by Crippen LogP contribution is 2.34. The summed E-state index contributed by atoms with van der Waals surface area (Å²) in [6.07, 6.45) is 4.01. The lowest BCUT2D eigenvalue weighted by molar-refractivity contribution is 0.0955. The first-order chi connectivity index (χ1) is 18.1. The van der Waals surface area contributed by atoms with Gasteiger partial charge in [0.2, 0.25) is 0 Å². The molecule has 0 aromatic heterocycles. The van der Waals surface area contributed by atoms with E-state index in [1.807, 2.05) is 54.6 Å². The summed E-state index contributed by atoms with van der Waals surface area (Å²) in [4.78, 5) is 14.9. The molecule has 1 fully saturated rings. The molecule has 6 nitrogen and oxygen atoms in total. The van der Waals surface area contributed by atoms with Gasteiger partial charge in [-0.05, 0) is 81.5 Å². The molecule has 5 rings (SSSR count). The van der Waals surface area contributed by atoms with Crippen LogP contribution in [0.5, 0.6) is 11.5 Å². The van der Waals surface area contributed by atoms with Gasteiger partial charge in [-0.2, -0.15) is 5.10 Å². The van der Waals surface area contributed by atoms with Crippen LogP contribution in [0, 0.1) is 0 Å². The number of nitrogens with one attached hydrogen (secondary N) is 1. The molecule has 188 valence electrons. The van der Waals surface area contributed by atoms with Crippen molar-refractivity contribution in [1.29, 1.82) is 0 Å². The zero-order valence-electron chi connectivity index (χ0n) is 20.6. The summed E-state index contributed by atoms with van der Waals surface area (Å²) in [5.41, 5.74) is 6.16. The Balaban J connectivity index is 1.24. The fourth-order valence-electron chi connectivity index (χ4n) is 4.52. The zero-order valence-corrected chi connectivity index (χ0v) is 22.2. The predicted octanol–water partition coefficient (Wildman–Crippen LogP) is 6.55. The van der Waals surface area contributed by atoms with Crippen molar-refractivity contribution >= 4 is 44.5 Å². The van der Waals surface area contributed by atoms with Crippen molar-refractivity contribution in [3.63, 3.8) is 0 Å². The summed E-state index contributed by atoms with van der Waals surface area (Å²) in [6, 6.07) is 25.7. The van der Waals surface area contributed by atoms with Crippen molar-refractivity contribution in [3.05, 3.63) is 100 Å². The molecule has 0 bridgehead atoms. The van der Waals surface area contributed by atoms with Crippen LogP contribution in [0.1, 0.15) is 34.3 Å². The Morgan fingerprint density at radius 1 is 1.00 bits per heavy atom. The Labute approximate surface area is 225 Å². The van der Waals surface area contributed by atoms with Gasteiger partial charge in [0.25, 0.3) is 5.91 Å². The molecule has 1 N–H and O–H groups in total. The standard InChI is InChI=1S/C30H28BrN3O3/c1-36-28-17-24(19-32-33-30(35)22-11-13-25(14-12-22)34-15-4-5-16-34)27(31)18-29(28)37-20-23-9-6-8-21-7-2-3-10-26(21)23/h2-3,6-14,17-19H,4-5,15-16,20H2,1H3,(H,33,35)/b32-19-. The summed E-state index contributed by atoms with van der Waals surface area (Å²) in [7, 11) is 1.60. The molecule has 1 saturated heterocycles. The first-order valence-corrected chi connectivity index (χ1v) is 13.1. The Hall–Kier alpha value is -3.84. The third kappa shape index (κ3) is 5.78. The highest BCUT2D eigenvalue weighted by molar-refractivity contribution is 9.10. The van der Waals surface area contributed by atoms with Crippen molar-refractivity contribution in [2.45, 2.75) is 19.4 Å². The molecule has 0 aliphatic carbocycles. The zero-order chi connectivity index (χ0) is 25.6. The van der Waals surface area contributed by atoms with Gasteiger partial charge in [-0.25, -0.2) is 5.43 Å². The number of carbonyl (C=O) groups is 1. The molecule has 0 spiro atoms. The summed E-state index contributed by atoms with van der Waals surface area (Å²) in [5.74, 6) is 0.928. The Kier molecular flexibility index (Phi) is 7.70. The van der Waals surface area contributed by atoms with Gasteiger partial charge < -0.3 is 14.4 Å². The highest BCUT2D eigenvalue weighted by Gasteiger charge is 2.14. The maximum Gasteiger partial charge on any atom is 0.271 e. The number of benzene rings is 4. The number of rotatable bonds is 8. The van der Waals surface area contributed by atoms with Gasteiger partial charge in [-0.1, -0.05) is 42.5 Å². The topological polar surface area (TPSA) is 63.2 Å². The smallest absolute Gasteiger partial charge is 0.271 e. The number of hydrazone groups is 1. The second-order valence-corrected chi connectivity index (χ2v) is 9.75. The SMILES string of the molecule is COc1cc(/C=N\NC(=O)c2ccc(N3CCCC3)cc2)c(Br)cc1OCc1cccc2ccccc12. The van der Waals surface area contributed by atoms with E-state index in [9.17, 15) is 4.79 Å². The van der Waals surface area contributed by atoms with Crippen LogP contribution in [-0.2, 0) is 6.61 Å². The van der Waals surface area contributed by atoms with Crippen LogP contribution in [0.2, 0.25) is 0 Å². The molecule has 1 amide bonds. The monoisotopic (exact) mass is 557 g/mol. The number of carbonyl (C=O) groups excluding carboxylic acids is 1. The van der Waals surface area contributed by atoms with Crippen LogP contribution >= 0.6 is 15.9 Å². The normalized spacial score (nSPS) is 13.3. The van der Waals surface area contributed by atoms with Crippen LogP contribution in [-0.4, -0.2) is 32.3 Å². The average molecular weight is 558 g/mol. The number of methoxy groups -OCH3 is 1. The molecule has 4 aromatic rings. The molecular formula is C30H28BrN3O3. The van der Waals surface area contributed by atoms with Crippen LogP contribution in [0.25, 0.3) is 10.8 Å². The van der Waals surface area contributed by atoms with Gasteiger partial charge in [0.05, 0.1) is 13.3 Å². The lowest BCUT2D eigenvalue weighted by atomic mass is 10.1. The van der Waals surface area contributed by atoms with Crippen molar-refractivity contribution < 1.29 is 14.3 Å². The van der Waals surface area contributed by atoms with Crippen LogP contribution in [0.3, 0.4) is 0 Å². The van der Waals surface area contributed by atoms with Crippen LogP contribution in [0.4, 0.5) is 5.69 Å². The third-order valence-corrected chi connectivity index (χ3v) is 7.20. The number of halogens is 1. The molecule has 0 saturated carbocycles. The summed E-state index contributed by atoms with van der Waals surface area (Å²) >= 11 is 3.58. The van der Waals surface area contributed by atoms with E-state index in [1.165, 1.54) is 18.2 Å². The second-order valence-electron chi connectivity index (χ2n) is 8.89. The van der Waals surface area contributed by atoms with E-state index in [1.54, 1.807) is 13.3 Å². The van der Waals surface area contributed by atoms with Gasteiger partial charge in [0.1, 0.15) is 6.61 Å². The van der Waals surface area contributed by atoms with Gasteiger partial charge in [-0.3, -0.25) is 4.79 Å². The lowest BCUT2D eigenvalue weighted by Crippen LogP contribution is -2.19. The summed E-state index contributed by atoms with van der Waals surface area (Å²) in [6.45, 7) is 2.55. The minimum absolute atomic E-state index is 0.262. The summed E-state index contributed by atoms with van der Waals surface area (Å²) < 4.78 is 12.5. The fourth-order valence-corrected chi connectivity index (χ4v) is 4.94. The average Bonchev–Trinajstić information content (AvgIpc) is 3.48. The van der Waals surface area contributed by atoms with E-state index in [0.29, 0.717) is 23.7 Å². The van der Waals surface area contributed by atoms with Crippen LogP contribution in [0.15, 0.2) is 88.4 Å². The number of amides is 1. The number of fused-ring (bicyclic) bond motifs is 1. The van der Waals surface area contributed by atoms with E-state index in [2.05, 4.69) is 55.6 Å². The van der Waals surface area contributed by atoms with E-state index < -0.39 is 0 Å². The van der Waals surface area contributed by atoms with Gasteiger partial charge in [0.15, 0.2) is 11.5 Å². The van der Waals surface area contributed by atoms with E-state index in [4.69, 9.17) is 9.47 Å². The largest absolute Gasteiger partial charge is 0.493 e. The minimum Gasteiger partial charge on any atom is -0.493 e. The molecule has 7 heteroatoms. The molecule has 1 aliphatic heterocycles. The van der Waals surface area contributed by atoms with Gasteiger partial charge >= 0.3 is 0 Å². The maximum absolute atomic E-state index is 12.5. The Bertz CT molecular complexity index is 1420. The predicted molar refractivity (Wildman–Crippen MR) is 152 cm³/mol. The van der Waals surface area contributed by atoms with Crippen molar-refractivity contribution in [2.24, 2.45) is 5.10 Å². The van der Waals surface area contributed by atoms with Crippen LogP contribution < -0.4 is 19.8 Å². The second kappa shape index (κ2) is 11.5. The van der Waals surface area contributed by atoms with Crippen molar-refractivity contribution in [3.8, 4) is 11.5 Å². The molecule has 1 aliphatic rings. The molecule has 1 heterocycles. The highest BCUT2D eigenvalue weighted by atomic mass is 79.9. The number of anilines is 1. The Morgan fingerprint density at radius 3 is 2.54 bits per heavy atom. The van der Waals surface area contributed by atoms with E-state index in [-0.39, 0.29) is 5.91 Å². The molecular weight excluding hydrogens is 530 g/mol. The minimum atomic E-state index is -0.262. The lowest BCUT2D eigenvalue weighted by Gasteiger charge is -2.17. The van der Waals surface area contributed by atoms with Gasteiger partial charge in [-0.15, -0.1) is 0 Å². The number of hydrogen-bond acceptors (Lipinski definition) is 5. The van der Waals surface area contributed by atoms with Crippen molar-refractivity contribution in [2.75, 3.05) is 25.1 Å². The maximum atomic E-state index is 12.5. The molecule has 0 atom stereocenters. The Morgan fingerprint density at radius 2 is 1.76 bits per heavy atom. The van der Waals surface area contributed by atoms with E-state index >= 15 is 0 Å². The molecule has 4 aromatic carbocycles. The number of hydrogen-bond donors (Lipinski definition) is 1. The van der Waals surface area contributed by atoms with Crippen molar-refractivity contribution in [1.82, 2.24) is 5.43 Å². The molecule has 37 heavy (non-hydrogen) atoms. The van der Waals surface area contributed by atoms with Gasteiger partial charge in [0, 0.05) is 34.4 Å². The summed E-state index contributed by atoms with van der Waals surface area (Å²) in [5, 5.41) is 6.48. The third-order valence-electron chi connectivity index (χ3n) is 6.52. The number of ether oxygens (including phenoxy) is 2. The first-order valence-electron chi connectivity index (χ1n) is 12.3. The number of nitrogens with zero attached hydrogens (tertiary/aromatic N) is 2. The fraction of sp³-hybridized carbons (Fsp3) is 0.200.